The molecular formula is C21H34N2O3S. The van der Waals surface area contributed by atoms with Gasteiger partial charge in [-0.15, -0.1) is 0 Å². The lowest BCUT2D eigenvalue weighted by atomic mass is 9.93. The SMILES string of the molecule is Cc1ccc(S(=O)(=O)N2CCCCCC2)cc1C(=O)NC(C(C)C)C(C)C. The van der Waals surface area contributed by atoms with Crippen molar-refractivity contribution in [2.45, 2.75) is 71.2 Å². The lowest BCUT2D eigenvalue weighted by Crippen LogP contribution is -2.42. The maximum Gasteiger partial charge on any atom is 0.251 e. The van der Waals surface area contributed by atoms with Crippen molar-refractivity contribution in [2.75, 3.05) is 13.1 Å². The van der Waals surface area contributed by atoms with E-state index in [1.54, 1.807) is 22.5 Å². The monoisotopic (exact) mass is 394 g/mol. The van der Waals surface area contributed by atoms with Crippen LogP contribution in [0.5, 0.6) is 0 Å². The minimum absolute atomic E-state index is 0.0442. The van der Waals surface area contributed by atoms with Crippen LogP contribution in [0.15, 0.2) is 23.1 Å². The summed E-state index contributed by atoms with van der Waals surface area (Å²) in [6.07, 6.45) is 3.92. The van der Waals surface area contributed by atoms with E-state index < -0.39 is 10.0 Å². The molecule has 152 valence electrons. The first-order valence-corrected chi connectivity index (χ1v) is 11.5. The first kappa shape index (κ1) is 21.9. The summed E-state index contributed by atoms with van der Waals surface area (Å²) in [5.74, 6) is 0.407. The van der Waals surface area contributed by atoms with Crippen LogP contribution in [0, 0.1) is 18.8 Å². The number of carbonyl (C=O) groups is 1. The summed E-state index contributed by atoms with van der Waals surface area (Å²) < 4.78 is 27.7. The molecule has 0 spiro atoms. The normalized spacial score (nSPS) is 16.7. The smallest absolute Gasteiger partial charge is 0.251 e. The molecule has 1 aliphatic rings. The van der Waals surface area contributed by atoms with Crippen molar-refractivity contribution in [1.82, 2.24) is 9.62 Å². The molecule has 0 unspecified atom stereocenters. The molecule has 0 aliphatic carbocycles. The molecule has 1 saturated heterocycles. The van der Waals surface area contributed by atoms with Crippen molar-refractivity contribution >= 4 is 15.9 Å². The first-order valence-electron chi connectivity index (χ1n) is 10.1. The molecule has 1 N–H and O–H groups in total. The molecule has 0 bridgehead atoms. The van der Waals surface area contributed by atoms with Crippen LogP contribution in [0.3, 0.4) is 0 Å². The van der Waals surface area contributed by atoms with Crippen molar-refractivity contribution in [2.24, 2.45) is 11.8 Å². The number of carbonyl (C=O) groups excluding carboxylic acids is 1. The highest BCUT2D eigenvalue weighted by atomic mass is 32.2. The van der Waals surface area contributed by atoms with Crippen LogP contribution in [0.1, 0.15) is 69.3 Å². The first-order chi connectivity index (χ1) is 12.6. The van der Waals surface area contributed by atoms with Crippen molar-refractivity contribution in [3.63, 3.8) is 0 Å². The van der Waals surface area contributed by atoms with Crippen LogP contribution in [0.2, 0.25) is 0 Å². The highest BCUT2D eigenvalue weighted by Crippen LogP contribution is 2.23. The van der Waals surface area contributed by atoms with Crippen LogP contribution in [-0.4, -0.2) is 37.8 Å². The van der Waals surface area contributed by atoms with Gasteiger partial charge in [0.1, 0.15) is 0 Å². The number of hydrogen-bond acceptors (Lipinski definition) is 3. The summed E-state index contributed by atoms with van der Waals surface area (Å²) in [5.41, 5.74) is 1.23. The fraction of sp³-hybridized carbons (Fsp3) is 0.667. The van der Waals surface area contributed by atoms with Gasteiger partial charge in [0.05, 0.1) is 4.90 Å². The van der Waals surface area contributed by atoms with E-state index in [9.17, 15) is 13.2 Å². The quantitative estimate of drug-likeness (QED) is 0.794. The average Bonchev–Trinajstić information content (AvgIpc) is 2.89. The molecule has 1 amide bonds. The molecule has 1 fully saturated rings. The van der Waals surface area contributed by atoms with Gasteiger partial charge >= 0.3 is 0 Å². The fourth-order valence-corrected chi connectivity index (χ4v) is 5.31. The largest absolute Gasteiger partial charge is 0.349 e. The van der Waals surface area contributed by atoms with E-state index in [-0.39, 0.29) is 16.8 Å². The molecule has 0 aromatic heterocycles. The van der Waals surface area contributed by atoms with Gasteiger partial charge in [-0.1, -0.05) is 46.6 Å². The van der Waals surface area contributed by atoms with Crippen LogP contribution < -0.4 is 5.32 Å². The van der Waals surface area contributed by atoms with E-state index in [1.165, 1.54) is 0 Å². The number of hydrogen-bond donors (Lipinski definition) is 1. The molecule has 1 aromatic carbocycles. The summed E-state index contributed by atoms with van der Waals surface area (Å²) in [6, 6.07) is 4.94. The van der Waals surface area contributed by atoms with Crippen LogP contribution in [-0.2, 0) is 10.0 Å². The molecule has 0 saturated carbocycles. The molecule has 1 aliphatic heterocycles. The average molecular weight is 395 g/mol. The minimum atomic E-state index is -3.57. The Kier molecular flexibility index (Phi) is 7.46. The Morgan fingerprint density at radius 1 is 1.00 bits per heavy atom. The van der Waals surface area contributed by atoms with Gasteiger partial charge in [0, 0.05) is 24.7 Å². The number of amides is 1. The predicted octanol–water partition coefficient (Wildman–Crippen LogP) is 3.97. The van der Waals surface area contributed by atoms with Gasteiger partial charge in [-0.25, -0.2) is 8.42 Å². The third-order valence-corrected chi connectivity index (χ3v) is 7.29. The van der Waals surface area contributed by atoms with E-state index in [2.05, 4.69) is 33.0 Å². The number of benzene rings is 1. The summed E-state index contributed by atoms with van der Waals surface area (Å²) in [7, 11) is -3.57. The Bertz CT molecular complexity index is 741. The molecule has 6 heteroatoms. The second-order valence-corrected chi connectivity index (χ2v) is 10.2. The van der Waals surface area contributed by atoms with Gasteiger partial charge in [0.25, 0.3) is 5.91 Å². The number of sulfonamides is 1. The molecule has 5 nitrogen and oxygen atoms in total. The Morgan fingerprint density at radius 3 is 2.07 bits per heavy atom. The zero-order valence-electron chi connectivity index (χ0n) is 17.3. The van der Waals surface area contributed by atoms with Crippen LogP contribution >= 0.6 is 0 Å². The van der Waals surface area contributed by atoms with Gasteiger partial charge in [-0.3, -0.25) is 4.79 Å². The maximum absolute atomic E-state index is 13.1. The van der Waals surface area contributed by atoms with Crippen molar-refractivity contribution in [1.29, 1.82) is 0 Å². The lowest BCUT2D eigenvalue weighted by molar-refractivity contribution is 0.0909. The predicted molar refractivity (Wildman–Crippen MR) is 109 cm³/mol. The van der Waals surface area contributed by atoms with E-state index >= 15 is 0 Å². The van der Waals surface area contributed by atoms with E-state index in [0.29, 0.717) is 30.5 Å². The van der Waals surface area contributed by atoms with Gasteiger partial charge in [-0.2, -0.15) is 4.31 Å². The van der Waals surface area contributed by atoms with E-state index in [0.717, 1.165) is 31.2 Å². The second-order valence-electron chi connectivity index (χ2n) is 8.28. The Labute approximate surface area is 164 Å². The van der Waals surface area contributed by atoms with Gasteiger partial charge in [0.2, 0.25) is 10.0 Å². The molecule has 27 heavy (non-hydrogen) atoms. The van der Waals surface area contributed by atoms with E-state index in [4.69, 9.17) is 0 Å². The highest BCUT2D eigenvalue weighted by molar-refractivity contribution is 7.89. The standard InChI is InChI=1S/C21H34N2O3S/c1-15(2)20(16(3)4)22-21(24)19-14-18(11-10-17(19)5)27(25,26)23-12-8-6-7-9-13-23/h10-11,14-16,20H,6-9,12-13H2,1-5H3,(H,22,24). The Hall–Kier alpha value is -1.40. The zero-order chi connectivity index (χ0) is 20.2. The maximum atomic E-state index is 13.1. The van der Waals surface area contributed by atoms with Crippen molar-refractivity contribution in [3.8, 4) is 0 Å². The van der Waals surface area contributed by atoms with Crippen LogP contribution in [0.4, 0.5) is 0 Å². The summed E-state index contributed by atoms with van der Waals surface area (Å²) in [5, 5.41) is 3.09. The van der Waals surface area contributed by atoms with Gasteiger partial charge in [-0.05, 0) is 49.3 Å². The molecule has 0 radical (unpaired) electrons. The summed E-state index contributed by atoms with van der Waals surface area (Å²) in [4.78, 5) is 13.1. The van der Waals surface area contributed by atoms with Crippen molar-refractivity contribution < 1.29 is 13.2 Å². The molecule has 2 rings (SSSR count). The molecule has 0 atom stereocenters. The molecular weight excluding hydrogens is 360 g/mol. The Balaban J connectivity index is 2.30. The lowest BCUT2D eigenvalue weighted by Gasteiger charge is -2.26. The molecule has 1 aromatic rings. The Morgan fingerprint density at radius 2 is 1.56 bits per heavy atom. The topological polar surface area (TPSA) is 66.5 Å². The third kappa shape index (κ3) is 5.32. The highest BCUT2D eigenvalue weighted by Gasteiger charge is 2.27. The number of nitrogens with one attached hydrogen (secondary N) is 1. The number of aryl methyl sites for hydroxylation is 1. The number of rotatable bonds is 6. The minimum Gasteiger partial charge on any atom is -0.349 e. The third-order valence-electron chi connectivity index (χ3n) is 5.39. The van der Waals surface area contributed by atoms with Gasteiger partial charge in [0.15, 0.2) is 0 Å². The molecule has 1 heterocycles. The fourth-order valence-electron chi connectivity index (χ4n) is 3.77. The number of nitrogens with zero attached hydrogens (tertiary/aromatic N) is 1. The van der Waals surface area contributed by atoms with E-state index in [1.807, 2.05) is 6.92 Å². The summed E-state index contributed by atoms with van der Waals surface area (Å²) in [6.45, 7) is 11.3. The second kappa shape index (κ2) is 9.20. The van der Waals surface area contributed by atoms with Crippen molar-refractivity contribution in [3.05, 3.63) is 29.3 Å². The summed E-state index contributed by atoms with van der Waals surface area (Å²) >= 11 is 0. The van der Waals surface area contributed by atoms with Gasteiger partial charge < -0.3 is 5.32 Å². The zero-order valence-corrected chi connectivity index (χ0v) is 18.1. The van der Waals surface area contributed by atoms with Crippen LogP contribution in [0.25, 0.3) is 0 Å².